The van der Waals surface area contributed by atoms with E-state index in [1.54, 1.807) is 23.6 Å². The van der Waals surface area contributed by atoms with E-state index in [2.05, 4.69) is 4.98 Å². The Labute approximate surface area is 146 Å². The van der Waals surface area contributed by atoms with Crippen molar-refractivity contribution in [3.8, 4) is 10.6 Å². The van der Waals surface area contributed by atoms with Gasteiger partial charge in [0.1, 0.15) is 16.7 Å². The molecule has 120 valence electrons. The standard InChI is InChI=1S/C15H12Cl2N2O3S/c16-8-3-4-9(10(17)6-8)13-18-11(7-23-13)14(20)19-5-1-2-12(19)15(21)22/h3-4,6-7,12H,1-2,5H2,(H,21,22)/t12-/m1/s1. The van der Waals surface area contributed by atoms with Crippen molar-refractivity contribution in [1.82, 2.24) is 9.88 Å². The minimum absolute atomic E-state index is 0.240. The van der Waals surface area contributed by atoms with Crippen LogP contribution in [0.4, 0.5) is 0 Å². The van der Waals surface area contributed by atoms with Crippen LogP contribution in [0.25, 0.3) is 10.6 Å². The molecule has 0 unspecified atom stereocenters. The van der Waals surface area contributed by atoms with Crippen molar-refractivity contribution in [3.05, 3.63) is 39.3 Å². The van der Waals surface area contributed by atoms with Gasteiger partial charge in [-0.25, -0.2) is 9.78 Å². The van der Waals surface area contributed by atoms with Gasteiger partial charge in [-0.3, -0.25) is 4.79 Å². The number of halogens is 2. The molecule has 1 fully saturated rings. The zero-order valence-corrected chi connectivity index (χ0v) is 14.2. The topological polar surface area (TPSA) is 70.5 Å². The number of amides is 1. The van der Waals surface area contributed by atoms with Gasteiger partial charge < -0.3 is 10.0 Å². The second-order valence-electron chi connectivity index (χ2n) is 5.16. The third-order valence-corrected chi connectivity index (χ3v) is 5.11. The molecule has 1 aromatic carbocycles. The summed E-state index contributed by atoms with van der Waals surface area (Å²) < 4.78 is 0. The van der Waals surface area contributed by atoms with Gasteiger partial charge >= 0.3 is 5.97 Å². The third kappa shape index (κ3) is 3.20. The lowest BCUT2D eigenvalue weighted by atomic mass is 10.2. The number of aliphatic carboxylic acids is 1. The smallest absolute Gasteiger partial charge is 0.326 e. The van der Waals surface area contributed by atoms with Crippen molar-refractivity contribution in [2.45, 2.75) is 18.9 Å². The molecular weight excluding hydrogens is 359 g/mol. The average Bonchev–Trinajstić information content (AvgIpc) is 3.16. The first kappa shape index (κ1) is 16.2. The highest BCUT2D eigenvalue weighted by Gasteiger charge is 2.35. The normalized spacial score (nSPS) is 17.5. The van der Waals surface area contributed by atoms with E-state index < -0.39 is 12.0 Å². The maximum absolute atomic E-state index is 12.5. The Balaban J connectivity index is 1.87. The van der Waals surface area contributed by atoms with Crippen molar-refractivity contribution >= 4 is 46.4 Å². The first-order chi connectivity index (χ1) is 11.0. The summed E-state index contributed by atoms with van der Waals surface area (Å²) in [6.07, 6.45) is 1.16. The second kappa shape index (κ2) is 6.47. The van der Waals surface area contributed by atoms with E-state index in [0.29, 0.717) is 40.0 Å². The lowest BCUT2D eigenvalue weighted by Crippen LogP contribution is -2.40. The van der Waals surface area contributed by atoms with Gasteiger partial charge in [-0.1, -0.05) is 23.2 Å². The van der Waals surface area contributed by atoms with E-state index in [4.69, 9.17) is 23.2 Å². The highest BCUT2D eigenvalue weighted by atomic mass is 35.5. The quantitative estimate of drug-likeness (QED) is 0.891. The van der Waals surface area contributed by atoms with Crippen LogP contribution in [0.5, 0.6) is 0 Å². The molecule has 23 heavy (non-hydrogen) atoms. The van der Waals surface area contributed by atoms with E-state index in [0.717, 1.165) is 0 Å². The molecule has 0 radical (unpaired) electrons. The number of likely N-dealkylation sites (tertiary alicyclic amines) is 1. The number of nitrogens with zero attached hydrogens (tertiary/aromatic N) is 2. The molecule has 8 heteroatoms. The van der Waals surface area contributed by atoms with Crippen LogP contribution < -0.4 is 0 Å². The number of benzene rings is 1. The monoisotopic (exact) mass is 370 g/mol. The van der Waals surface area contributed by atoms with E-state index in [9.17, 15) is 14.7 Å². The highest BCUT2D eigenvalue weighted by Crippen LogP contribution is 2.33. The predicted octanol–water partition coefficient (Wildman–Crippen LogP) is 3.81. The SMILES string of the molecule is O=C(O)[C@H]1CCCN1C(=O)c1csc(-c2ccc(Cl)cc2Cl)n1. The van der Waals surface area contributed by atoms with Crippen LogP contribution in [-0.2, 0) is 4.79 Å². The predicted molar refractivity (Wildman–Crippen MR) is 89.3 cm³/mol. The Bertz CT molecular complexity index is 778. The van der Waals surface area contributed by atoms with Gasteiger partial charge in [0.25, 0.3) is 5.91 Å². The number of rotatable bonds is 3. The first-order valence-electron chi connectivity index (χ1n) is 6.92. The molecule has 0 saturated carbocycles. The summed E-state index contributed by atoms with van der Waals surface area (Å²) in [6, 6.07) is 4.29. The fourth-order valence-electron chi connectivity index (χ4n) is 2.57. The molecule has 2 heterocycles. The molecule has 1 atom stereocenters. The molecule has 1 aliphatic heterocycles. The van der Waals surface area contributed by atoms with Crippen LogP contribution in [0, 0.1) is 0 Å². The summed E-state index contributed by atoms with van der Waals surface area (Å²) in [5, 5.41) is 12.4. The minimum atomic E-state index is -0.980. The van der Waals surface area contributed by atoms with Gasteiger partial charge in [0.2, 0.25) is 0 Å². The number of aromatic nitrogens is 1. The molecule has 2 aromatic rings. The fraction of sp³-hybridized carbons (Fsp3) is 0.267. The van der Waals surface area contributed by atoms with Crippen LogP contribution in [0.15, 0.2) is 23.6 Å². The minimum Gasteiger partial charge on any atom is -0.480 e. The van der Waals surface area contributed by atoms with Crippen LogP contribution in [0.1, 0.15) is 23.3 Å². The zero-order chi connectivity index (χ0) is 16.6. The van der Waals surface area contributed by atoms with Crippen molar-refractivity contribution in [2.24, 2.45) is 0 Å². The first-order valence-corrected chi connectivity index (χ1v) is 8.55. The molecule has 1 aliphatic rings. The second-order valence-corrected chi connectivity index (χ2v) is 6.86. The van der Waals surface area contributed by atoms with Gasteiger partial charge in [-0.2, -0.15) is 0 Å². The molecule has 1 aromatic heterocycles. The Morgan fingerprint density at radius 1 is 1.35 bits per heavy atom. The van der Waals surface area contributed by atoms with Crippen LogP contribution in [0.3, 0.4) is 0 Å². The lowest BCUT2D eigenvalue weighted by molar-refractivity contribution is -0.141. The van der Waals surface area contributed by atoms with Crippen LogP contribution >= 0.6 is 34.5 Å². The number of hydrogen-bond acceptors (Lipinski definition) is 4. The Morgan fingerprint density at radius 3 is 2.83 bits per heavy atom. The van der Waals surface area contributed by atoms with Crippen molar-refractivity contribution in [2.75, 3.05) is 6.54 Å². The molecule has 0 bridgehead atoms. The van der Waals surface area contributed by atoms with Gasteiger partial charge in [0.15, 0.2) is 0 Å². The maximum Gasteiger partial charge on any atom is 0.326 e. The fourth-order valence-corrected chi connectivity index (χ4v) is 3.96. The molecule has 1 saturated heterocycles. The zero-order valence-electron chi connectivity index (χ0n) is 11.8. The van der Waals surface area contributed by atoms with Gasteiger partial charge in [-0.15, -0.1) is 11.3 Å². The van der Waals surface area contributed by atoms with E-state index in [1.165, 1.54) is 16.2 Å². The van der Waals surface area contributed by atoms with E-state index in [-0.39, 0.29) is 11.6 Å². The summed E-state index contributed by atoms with van der Waals surface area (Å²) >= 11 is 13.3. The molecule has 1 N–H and O–H groups in total. The number of hydrogen-bond donors (Lipinski definition) is 1. The Morgan fingerprint density at radius 2 is 2.13 bits per heavy atom. The summed E-state index contributed by atoms with van der Waals surface area (Å²) in [5.41, 5.74) is 0.931. The van der Waals surface area contributed by atoms with Crippen molar-refractivity contribution in [1.29, 1.82) is 0 Å². The lowest BCUT2D eigenvalue weighted by Gasteiger charge is -2.20. The third-order valence-electron chi connectivity index (χ3n) is 3.68. The summed E-state index contributed by atoms with van der Waals surface area (Å²) in [6.45, 7) is 0.435. The van der Waals surface area contributed by atoms with E-state index >= 15 is 0 Å². The summed E-state index contributed by atoms with van der Waals surface area (Å²) in [4.78, 5) is 29.4. The van der Waals surface area contributed by atoms with Gasteiger partial charge in [0.05, 0.1) is 5.02 Å². The average molecular weight is 371 g/mol. The number of carboxylic acids is 1. The van der Waals surface area contributed by atoms with Gasteiger partial charge in [-0.05, 0) is 31.0 Å². The van der Waals surface area contributed by atoms with Crippen LogP contribution in [-0.4, -0.2) is 39.5 Å². The highest BCUT2D eigenvalue weighted by molar-refractivity contribution is 7.13. The largest absolute Gasteiger partial charge is 0.480 e. The van der Waals surface area contributed by atoms with Crippen molar-refractivity contribution in [3.63, 3.8) is 0 Å². The maximum atomic E-state index is 12.5. The molecule has 0 spiro atoms. The molecule has 1 amide bonds. The Hall–Kier alpha value is -1.63. The summed E-state index contributed by atoms with van der Waals surface area (Å²) in [7, 11) is 0. The van der Waals surface area contributed by atoms with Gasteiger partial charge in [0, 0.05) is 22.5 Å². The number of carbonyl (C=O) groups is 2. The number of thiazole rings is 1. The molecule has 0 aliphatic carbocycles. The number of carbonyl (C=O) groups excluding carboxylic acids is 1. The van der Waals surface area contributed by atoms with E-state index in [1.807, 2.05) is 0 Å². The molecule has 5 nitrogen and oxygen atoms in total. The summed E-state index contributed by atoms with van der Waals surface area (Å²) in [5.74, 6) is -1.34. The van der Waals surface area contributed by atoms with Crippen molar-refractivity contribution < 1.29 is 14.7 Å². The van der Waals surface area contributed by atoms with Crippen LogP contribution in [0.2, 0.25) is 10.0 Å². The number of carboxylic acid groups (broad SMARTS) is 1. The Kier molecular flexibility index (Phi) is 4.57. The molecule has 3 rings (SSSR count). The molecular formula is C15H12Cl2N2O3S.